The van der Waals surface area contributed by atoms with Crippen LogP contribution in [-0.4, -0.2) is 5.11 Å². The Morgan fingerprint density at radius 2 is 1.00 bits per heavy atom. The van der Waals surface area contributed by atoms with Crippen LogP contribution in [0.25, 0.3) is 26.6 Å². The first-order valence-electron chi connectivity index (χ1n) is 9.45. The SMILES string of the molecule is C=C(N)c1ccc(C(=C)SC(=C)c2ccc(-c3ccc(O)cc3)cc2)cc1.CC. The first kappa shape index (κ1) is 22.1. The van der Waals surface area contributed by atoms with E-state index in [0.29, 0.717) is 5.70 Å². The van der Waals surface area contributed by atoms with E-state index in [1.165, 1.54) is 0 Å². The van der Waals surface area contributed by atoms with Crippen LogP contribution in [-0.2, 0) is 0 Å². The molecule has 0 unspecified atom stereocenters. The van der Waals surface area contributed by atoms with Crippen molar-refractivity contribution in [3.8, 4) is 16.9 Å². The van der Waals surface area contributed by atoms with Crippen LogP contribution in [0.4, 0.5) is 0 Å². The van der Waals surface area contributed by atoms with Crippen LogP contribution >= 0.6 is 11.8 Å². The van der Waals surface area contributed by atoms with Crippen molar-refractivity contribution in [2.24, 2.45) is 5.73 Å². The van der Waals surface area contributed by atoms with Crippen molar-refractivity contribution in [1.82, 2.24) is 0 Å². The lowest BCUT2D eigenvalue weighted by molar-refractivity contribution is 0.475. The molecule has 3 rings (SSSR count). The topological polar surface area (TPSA) is 46.2 Å². The van der Waals surface area contributed by atoms with Gasteiger partial charge in [-0.2, -0.15) is 0 Å². The number of phenolic OH excluding ortho intramolecular Hbond substituents is 1. The highest BCUT2D eigenvalue weighted by atomic mass is 32.2. The van der Waals surface area contributed by atoms with Crippen LogP contribution in [0.2, 0.25) is 0 Å². The average molecular weight is 402 g/mol. The smallest absolute Gasteiger partial charge is 0.115 e. The van der Waals surface area contributed by atoms with Crippen molar-refractivity contribution in [3.63, 3.8) is 0 Å². The van der Waals surface area contributed by atoms with E-state index in [4.69, 9.17) is 5.73 Å². The van der Waals surface area contributed by atoms with Crippen LogP contribution in [0, 0.1) is 0 Å². The number of nitrogens with two attached hydrogens (primary N) is 1. The van der Waals surface area contributed by atoms with Gasteiger partial charge in [0.25, 0.3) is 0 Å². The summed E-state index contributed by atoms with van der Waals surface area (Å²) >= 11 is 1.55. The summed E-state index contributed by atoms with van der Waals surface area (Å²) in [5, 5.41) is 9.41. The standard InChI is InChI=1S/C24H21NOS.C2H6/c1-16(25)19-4-6-20(7-5-19)17(2)27-18(3)21-8-10-22(11-9-21)23-12-14-24(26)15-13-23;1-2/h4-15,26H,1-3,25H2;1-2H3. The second-order valence-electron chi connectivity index (χ2n) is 6.18. The molecule has 0 aliphatic carbocycles. The molecule has 0 saturated carbocycles. The van der Waals surface area contributed by atoms with Crippen LogP contribution in [0.5, 0.6) is 5.75 Å². The van der Waals surface area contributed by atoms with E-state index < -0.39 is 0 Å². The molecule has 0 heterocycles. The third-order valence-electron chi connectivity index (χ3n) is 4.23. The number of rotatable bonds is 6. The molecule has 3 aromatic carbocycles. The normalized spacial score (nSPS) is 9.86. The molecule has 148 valence electrons. The maximum atomic E-state index is 9.41. The second kappa shape index (κ2) is 10.4. The Morgan fingerprint density at radius 3 is 1.41 bits per heavy atom. The summed E-state index contributed by atoms with van der Waals surface area (Å²) in [4.78, 5) is 1.86. The molecular formula is C26H27NOS. The van der Waals surface area contributed by atoms with E-state index in [-0.39, 0.29) is 5.75 Å². The second-order valence-corrected chi connectivity index (χ2v) is 7.36. The Bertz CT molecular complexity index is 984. The van der Waals surface area contributed by atoms with Gasteiger partial charge in [-0.15, -0.1) is 0 Å². The third kappa shape index (κ3) is 5.90. The van der Waals surface area contributed by atoms with E-state index in [0.717, 1.165) is 37.6 Å². The van der Waals surface area contributed by atoms with Crippen molar-refractivity contribution in [2.75, 3.05) is 0 Å². The number of hydrogen-bond donors (Lipinski definition) is 2. The number of benzene rings is 3. The quantitative estimate of drug-likeness (QED) is 0.452. The maximum absolute atomic E-state index is 9.41. The number of phenols is 1. The van der Waals surface area contributed by atoms with Gasteiger partial charge in [0.15, 0.2) is 0 Å². The molecule has 0 amide bonds. The molecule has 0 aliphatic rings. The zero-order valence-corrected chi connectivity index (χ0v) is 17.8. The minimum absolute atomic E-state index is 0.266. The van der Waals surface area contributed by atoms with Gasteiger partial charge in [-0.1, -0.05) is 106 Å². The van der Waals surface area contributed by atoms with Crippen molar-refractivity contribution in [2.45, 2.75) is 13.8 Å². The molecule has 0 bridgehead atoms. The predicted molar refractivity (Wildman–Crippen MR) is 130 cm³/mol. The summed E-state index contributed by atoms with van der Waals surface area (Å²) in [6.45, 7) is 16.1. The van der Waals surface area contributed by atoms with E-state index in [2.05, 4.69) is 31.9 Å². The first-order chi connectivity index (χ1) is 13.9. The Hall–Kier alpha value is -3.17. The van der Waals surface area contributed by atoms with Gasteiger partial charge in [-0.05, 0) is 39.9 Å². The lowest BCUT2D eigenvalue weighted by Crippen LogP contribution is -1.93. The predicted octanol–water partition coefficient (Wildman–Crippen LogP) is 7.39. The van der Waals surface area contributed by atoms with Gasteiger partial charge >= 0.3 is 0 Å². The van der Waals surface area contributed by atoms with Gasteiger partial charge in [0, 0.05) is 15.5 Å². The minimum Gasteiger partial charge on any atom is -0.508 e. The summed E-state index contributed by atoms with van der Waals surface area (Å²) < 4.78 is 0. The molecule has 2 nitrogen and oxygen atoms in total. The minimum atomic E-state index is 0.266. The van der Waals surface area contributed by atoms with Crippen LogP contribution in [0.1, 0.15) is 30.5 Å². The molecule has 29 heavy (non-hydrogen) atoms. The molecule has 0 radical (unpaired) electrons. The molecule has 0 spiro atoms. The fourth-order valence-electron chi connectivity index (χ4n) is 2.64. The highest BCUT2D eigenvalue weighted by Gasteiger charge is 2.07. The van der Waals surface area contributed by atoms with Crippen LogP contribution in [0.3, 0.4) is 0 Å². The van der Waals surface area contributed by atoms with Gasteiger partial charge in [-0.3, -0.25) is 0 Å². The van der Waals surface area contributed by atoms with Crippen LogP contribution < -0.4 is 5.73 Å². The molecule has 3 heteroatoms. The first-order valence-corrected chi connectivity index (χ1v) is 10.3. The van der Waals surface area contributed by atoms with E-state index in [1.54, 1.807) is 23.9 Å². The lowest BCUT2D eigenvalue weighted by Gasteiger charge is -2.10. The molecular weight excluding hydrogens is 374 g/mol. The van der Waals surface area contributed by atoms with Crippen molar-refractivity contribution in [3.05, 3.63) is 109 Å². The zero-order valence-electron chi connectivity index (χ0n) is 17.0. The van der Waals surface area contributed by atoms with Gasteiger partial charge in [0.1, 0.15) is 5.75 Å². The van der Waals surface area contributed by atoms with Crippen molar-refractivity contribution < 1.29 is 5.11 Å². The number of aromatic hydroxyl groups is 1. The average Bonchev–Trinajstić information content (AvgIpc) is 2.76. The fourth-order valence-corrected chi connectivity index (χ4v) is 3.44. The Balaban J connectivity index is 0.00000145. The highest BCUT2D eigenvalue weighted by Crippen LogP contribution is 2.37. The summed E-state index contributed by atoms with van der Waals surface area (Å²) in [5.41, 5.74) is 11.4. The summed E-state index contributed by atoms with van der Waals surface area (Å²) in [6.07, 6.45) is 0. The molecule has 0 fully saturated rings. The molecule has 3 N–H and O–H groups in total. The summed E-state index contributed by atoms with van der Waals surface area (Å²) in [7, 11) is 0. The summed E-state index contributed by atoms with van der Waals surface area (Å²) in [6, 6.07) is 23.2. The van der Waals surface area contributed by atoms with Gasteiger partial charge < -0.3 is 10.8 Å². The molecule has 0 atom stereocenters. The zero-order chi connectivity index (χ0) is 21.4. The van der Waals surface area contributed by atoms with Gasteiger partial charge in [0.05, 0.1) is 0 Å². The Labute approximate surface area is 178 Å². The van der Waals surface area contributed by atoms with Crippen molar-refractivity contribution in [1.29, 1.82) is 0 Å². The fraction of sp³-hybridized carbons (Fsp3) is 0.0769. The Kier molecular flexibility index (Phi) is 7.93. The van der Waals surface area contributed by atoms with Crippen LogP contribution in [0.15, 0.2) is 92.5 Å². The molecule has 0 aromatic heterocycles. The lowest BCUT2D eigenvalue weighted by atomic mass is 10.0. The van der Waals surface area contributed by atoms with Crippen molar-refractivity contribution >= 4 is 27.3 Å². The van der Waals surface area contributed by atoms with E-state index in [9.17, 15) is 5.11 Å². The number of hydrogen-bond acceptors (Lipinski definition) is 3. The molecule has 0 aliphatic heterocycles. The van der Waals surface area contributed by atoms with Gasteiger partial charge in [-0.25, -0.2) is 0 Å². The number of thioether (sulfide) groups is 1. The third-order valence-corrected chi connectivity index (χ3v) is 5.20. The van der Waals surface area contributed by atoms with E-state index in [1.807, 2.05) is 62.4 Å². The molecule has 3 aromatic rings. The highest BCUT2D eigenvalue weighted by molar-refractivity contribution is 8.16. The molecule has 0 saturated heterocycles. The summed E-state index contributed by atoms with van der Waals surface area (Å²) in [5.74, 6) is 0.266. The van der Waals surface area contributed by atoms with Gasteiger partial charge in [0.2, 0.25) is 0 Å². The Morgan fingerprint density at radius 1 is 0.655 bits per heavy atom. The van der Waals surface area contributed by atoms with E-state index >= 15 is 0 Å². The maximum Gasteiger partial charge on any atom is 0.115 e. The monoisotopic (exact) mass is 401 g/mol. The largest absolute Gasteiger partial charge is 0.508 e.